The number of ether oxygens (including phenoxy) is 1. The minimum Gasteiger partial charge on any atom is -0.370 e. The van der Waals surface area contributed by atoms with Crippen LogP contribution in [-0.4, -0.2) is 21.3 Å². The first-order chi connectivity index (χ1) is 9.53. The van der Waals surface area contributed by atoms with Crippen molar-refractivity contribution in [2.45, 2.75) is 44.9 Å². The molecule has 0 bridgehead atoms. The smallest absolute Gasteiger partial charge is 0.140 e. The lowest BCUT2D eigenvalue weighted by molar-refractivity contribution is -0.0215. The largest absolute Gasteiger partial charge is 0.370 e. The van der Waals surface area contributed by atoms with Crippen LogP contribution in [0.3, 0.4) is 0 Å². The molecule has 3 nitrogen and oxygen atoms in total. The number of aromatic nitrogens is 2. The Morgan fingerprint density at radius 3 is 3.00 bits per heavy atom. The molecule has 0 spiro atoms. The molecule has 2 heterocycles. The van der Waals surface area contributed by atoms with E-state index in [4.69, 9.17) is 4.74 Å². The highest BCUT2D eigenvalue weighted by atomic mass is 127. The number of halogens is 1. The van der Waals surface area contributed by atoms with Crippen molar-refractivity contribution in [2.75, 3.05) is 0 Å². The van der Waals surface area contributed by atoms with Gasteiger partial charge in [-0.2, -0.15) is 0 Å². The second-order valence-electron chi connectivity index (χ2n) is 5.95. The Labute approximate surface area is 133 Å². The fourth-order valence-electron chi connectivity index (χ4n) is 2.77. The van der Waals surface area contributed by atoms with Gasteiger partial charge in [-0.15, -0.1) is 0 Å². The van der Waals surface area contributed by atoms with E-state index in [0.717, 1.165) is 25.2 Å². The fourth-order valence-corrected chi connectivity index (χ4v) is 3.31. The molecule has 1 unspecified atom stereocenters. The van der Waals surface area contributed by atoms with Gasteiger partial charge in [0.1, 0.15) is 5.82 Å². The highest BCUT2D eigenvalue weighted by molar-refractivity contribution is 14.1. The summed E-state index contributed by atoms with van der Waals surface area (Å²) in [5.41, 5.74) is 1.19. The van der Waals surface area contributed by atoms with Crippen LogP contribution in [0.1, 0.15) is 26.7 Å². The number of rotatable bonds is 3. The molecule has 1 aliphatic rings. The minimum atomic E-state index is 0.0214. The van der Waals surface area contributed by atoms with Gasteiger partial charge in [-0.05, 0) is 61.4 Å². The molecule has 0 N–H and O–H groups in total. The maximum atomic E-state index is 6.09. The van der Waals surface area contributed by atoms with Crippen molar-refractivity contribution in [3.05, 3.63) is 40.2 Å². The maximum absolute atomic E-state index is 6.09. The Bertz CT molecular complexity index is 606. The van der Waals surface area contributed by atoms with Gasteiger partial charge < -0.3 is 9.30 Å². The van der Waals surface area contributed by atoms with Crippen LogP contribution in [0.5, 0.6) is 0 Å². The Kier molecular flexibility index (Phi) is 3.86. The molecule has 2 aromatic rings. The van der Waals surface area contributed by atoms with Crippen LogP contribution < -0.4 is 0 Å². The molecule has 1 fully saturated rings. The molecule has 0 aliphatic carbocycles. The lowest BCUT2D eigenvalue weighted by Gasteiger charge is -2.20. The first-order valence-electron chi connectivity index (χ1n) is 6.98. The molecular weight excluding hydrogens is 363 g/mol. The highest BCUT2D eigenvalue weighted by Crippen LogP contribution is 2.31. The quantitative estimate of drug-likeness (QED) is 0.747. The molecule has 0 saturated carbocycles. The van der Waals surface area contributed by atoms with Crippen LogP contribution in [0, 0.1) is 3.57 Å². The van der Waals surface area contributed by atoms with E-state index in [1.54, 1.807) is 0 Å². The van der Waals surface area contributed by atoms with Crippen molar-refractivity contribution in [3.63, 3.8) is 0 Å². The Hall–Kier alpha value is -0.880. The van der Waals surface area contributed by atoms with Gasteiger partial charge in [-0.1, -0.05) is 12.1 Å². The van der Waals surface area contributed by atoms with E-state index < -0.39 is 0 Å². The third-order valence-corrected chi connectivity index (χ3v) is 4.42. The summed E-state index contributed by atoms with van der Waals surface area (Å²) in [6.45, 7) is 5.22. The summed E-state index contributed by atoms with van der Waals surface area (Å²) >= 11 is 2.33. The number of benzene rings is 1. The molecular formula is C16H19IN2O. The minimum absolute atomic E-state index is 0.0214. The zero-order chi connectivity index (χ0) is 14.2. The summed E-state index contributed by atoms with van der Waals surface area (Å²) in [6, 6.07) is 8.45. The van der Waals surface area contributed by atoms with Crippen LogP contribution >= 0.6 is 22.6 Å². The van der Waals surface area contributed by atoms with Gasteiger partial charge in [0.2, 0.25) is 0 Å². The number of hydrogen-bond donors (Lipinski definition) is 0. The summed E-state index contributed by atoms with van der Waals surface area (Å²) < 4.78 is 9.52. The third-order valence-electron chi connectivity index (χ3n) is 3.75. The van der Waals surface area contributed by atoms with Crippen molar-refractivity contribution in [3.8, 4) is 11.4 Å². The summed E-state index contributed by atoms with van der Waals surface area (Å²) in [5.74, 6) is 1.02. The molecule has 1 aromatic carbocycles. The zero-order valence-corrected chi connectivity index (χ0v) is 14.0. The molecule has 1 saturated heterocycles. The Morgan fingerprint density at radius 1 is 1.45 bits per heavy atom. The molecule has 0 amide bonds. The van der Waals surface area contributed by atoms with Gasteiger partial charge in [0.25, 0.3) is 0 Å². The standard InChI is InChI=1S/C16H19IN2O/c1-16(2)7-6-14(20-16)11-19-9-8-18-15(19)12-4-3-5-13(17)10-12/h3-5,8-10,14H,6-7,11H2,1-2H3. The molecule has 1 aliphatic heterocycles. The average molecular weight is 382 g/mol. The van der Waals surface area contributed by atoms with Crippen LogP contribution in [-0.2, 0) is 11.3 Å². The van der Waals surface area contributed by atoms with E-state index in [1.807, 2.05) is 12.4 Å². The summed E-state index contributed by atoms with van der Waals surface area (Å²) in [4.78, 5) is 4.51. The topological polar surface area (TPSA) is 27.1 Å². The van der Waals surface area contributed by atoms with Gasteiger partial charge in [-0.3, -0.25) is 0 Å². The maximum Gasteiger partial charge on any atom is 0.140 e. The Morgan fingerprint density at radius 2 is 2.30 bits per heavy atom. The molecule has 1 atom stereocenters. The van der Waals surface area contributed by atoms with E-state index in [-0.39, 0.29) is 5.60 Å². The third kappa shape index (κ3) is 3.06. The number of hydrogen-bond acceptors (Lipinski definition) is 2. The molecule has 106 valence electrons. The number of nitrogens with zero attached hydrogens (tertiary/aromatic N) is 2. The van der Waals surface area contributed by atoms with E-state index in [9.17, 15) is 0 Å². The normalized spacial score (nSPS) is 21.2. The van der Waals surface area contributed by atoms with Crippen molar-refractivity contribution in [1.82, 2.24) is 9.55 Å². The van der Waals surface area contributed by atoms with Gasteiger partial charge in [0.15, 0.2) is 0 Å². The molecule has 4 heteroatoms. The lowest BCUT2D eigenvalue weighted by Crippen LogP contribution is -2.23. The fraction of sp³-hybridized carbons (Fsp3) is 0.438. The highest BCUT2D eigenvalue weighted by Gasteiger charge is 2.31. The summed E-state index contributed by atoms with van der Waals surface area (Å²) in [7, 11) is 0. The van der Waals surface area contributed by atoms with Crippen LogP contribution in [0.2, 0.25) is 0 Å². The predicted octanol–water partition coefficient (Wildman–Crippen LogP) is 4.11. The SMILES string of the molecule is CC1(C)CCC(Cn2ccnc2-c2cccc(I)c2)O1. The summed E-state index contributed by atoms with van der Waals surface area (Å²) in [6.07, 6.45) is 6.46. The van der Waals surface area contributed by atoms with Gasteiger partial charge in [0.05, 0.1) is 18.2 Å². The lowest BCUT2D eigenvalue weighted by atomic mass is 10.1. The average Bonchev–Trinajstić information content (AvgIpc) is 2.96. The second-order valence-corrected chi connectivity index (χ2v) is 7.20. The predicted molar refractivity (Wildman–Crippen MR) is 88.6 cm³/mol. The first-order valence-corrected chi connectivity index (χ1v) is 8.06. The van der Waals surface area contributed by atoms with E-state index in [2.05, 4.69) is 70.3 Å². The van der Waals surface area contributed by atoms with Crippen molar-refractivity contribution < 1.29 is 4.74 Å². The van der Waals surface area contributed by atoms with Crippen molar-refractivity contribution >= 4 is 22.6 Å². The van der Waals surface area contributed by atoms with Gasteiger partial charge in [-0.25, -0.2) is 4.98 Å². The van der Waals surface area contributed by atoms with Crippen LogP contribution in [0.4, 0.5) is 0 Å². The monoisotopic (exact) mass is 382 g/mol. The van der Waals surface area contributed by atoms with E-state index in [0.29, 0.717) is 6.10 Å². The molecule has 0 radical (unpaired) electrons. The van der Waals surface area contributed by atoms with Gasteiger partial charge in [0, 0.05) is 21.5 Å². The van der Waals surface area contributed by atoms with Gasteiger partial charge >= 0.3 is 0 Å². The van der Waals surface area contributed by atoms with Crippen LogP contribution in [0.15, 0.2) is 36.7 Å². The van der Waals surface area contributed by atoms with Crippen LogP contribution in [0.25, 0.3) is 11.4 Å². The second kappa shape index (κ2) is 5.48. The number of imidazole rings is 1. The van der Waals surface area contributed by atoms with E-state index >= 15 is 0 Å². The molecule has 20 heavy (non-hydrogen) atoms. The van der Waals surface area contributed by atoms with Crippen molar-refractivity contribution in [1.29, 1.82) is 0 Å². The molecule has 3 rings (SSSR count). The first kappa shape index (κ1) is 14.1. The zero-order valence-electron chi connectivity index (χ0n) is 11.8. The summed E-state index contributed by atoms with van der Waals surface area (Å²) in [5, 5.41) is 0. The Balaban J connectivity index is 1.81. The van der Waals surface area contributed by atoms with Crippen molar-refractivity contribution in [2.24, 2.45) is 0 Å². The van der Waals surface area contributed by atoms with E-state index in [1.165, 1.54) is 9.13 Å². The molecule has 1 aromatic heterocycles.